The molecule has 1 saturated heterocycles. The van der Waals surface area contributed by atoms with Gasteiger partial charge in [0.25, 0.3) is 0 Å². The van der Waals surface area contributed by atoms with Crippen LogP contribution in [0.5, 0.6) is 11.5 Å². The molecule has 1 atom stereocenters. The SMILES string of the molecule is FC1(F)Oc2ccc(NCC3CCOC3)cc2O1. The summed E-state index contributed by atoms with van der Waals surface area (Å²) < 4.78 is 39.6. The molecule has 0 radical (unpaired) electrons. The molecule has 0 amide bonds. The van der Waals surface area contributed by atoms with E-state index < -0.39 is 6.29 Å². The molecule has 4 nitrogen and oxygen atoms in total. The van der Waals surface area contributed by atoms with Gasteiger partial charge in [-0.3, -0.25) is 0 Å². The van der Waals surface area contributed by atoms with E-state index in [0.29, 0.717) is 5.92 Å². The zero-order valence-electron chi connectivity index (χ0n) is 9.62. The van der Waals surface area contributed by atoms with Gasteiger partial charge in [-0.15, -0.1) is 8.78 Å². The van der Waals surface area contributed by atoms with E-state index in [-0.39, 0.29) is 11.5 Å². The molecule has 1 aromatic rings. The standard InChI is InChI=1S/C12H13F2NO3/c13-12(14)17-10-2-1-9(5-11(10)18-12)15-6-8-3-4-16-7-8/h1-2,5,8,15H,3-4,6-7H2. The van der Waals surface area contributed by atoms with Gasteiger partial charge in [0, 0.05) is 30.8 Å². The van der Waals surface area contributed by atoms with Gasteiger partial charge in [-0.1, -0.05) is 0 Å². The fraction of sp³-hybridized carbons (Fsp3) is 0.500. The second-order valence-electron chi connectivity index (χ2n) is 4.44. The fourth-order valence-corrected chi connectivity index (χ4v) is 2.07. The van der Waals surface area contributed by atoms with Crippen LogP contribution in [-0.2, 0) is 4.74 Å². The number of hydrogen-bond acceptors (Lipinski definition) is 4. The maximum atomic E-state index is 12.8. The Balaban J connectivity index is 1.64. The summed E-state index contributed by atoms with van der Waals surface area (Å²) >= 11 is 0. The lowest BCUT2D eigenvalue weighted by atomic mass is 10.1. The van der Waals surface area contributed by atoms with E-state index in [1.807, 2.05) is 0 Å². The molecule has 3 rings (SSSR count). The van der Waals surface area contributed by atoms with E-state index in [9.17, 15) is 8.78 Å². The quantitative estimate of drug-likeness (QED) is 0.902. The molecular formula is C12H13F2NO3. The second-order valence-corrected chi connectivity index (χ2v) is 4.44. The van der Waals surface area contributed by atoms with Gasteiger partial charge in [0.05, 0.1) is 6.61 Å². The zero-order chi connectivity index (χ0) is 12.6. The van der Waals surface area contributed by atoms with Crippen molar-refractivity contribution in [2.24, 2.45) is 5.92 Å². The summed E-state index contributed by atoms with van der Waals surface area (Å²) in [7, 11) is 0. The van der Waals surface area contributed by atoms with Crippen molar-refractivity contribution in [1.29, 1.82) is 0 Å². The van der Waals surface area contributed by atoms with Crippen LogP contribution in [0.4, 0.5) is 14.5 Å². The van der Waals surface area contributed by atoms with Crippen molar-refractivity contribution < 1.29 is 23.0 Å². The number of nitrogens with one attached hydrogen (secondary N) is 1. The summed E-state index contributed by atoms with van der Waals surface area (Å²) in [5, 5.41) is 3.18. The fourth-order valence-electron chi connectivity index (χ4n) is 2.07. The largest absolute Gasteiger partial charge is 0.586 e. The highest BCUT2D eigenvalue weighted by Gasteiger charge is 2.43. The summed E-state index contributed by atoms with van der Waals surface area (Å²) in [6.07, 6.45) is -2.53. The predicted molar refractivity (Wildman–Crippen MR) is 60.1 cm³/mol. The first-order valence-electron chi connectivity index (χ1n) is 5.84. The van der Waals surface area contributed by atoms with Crippen molar-refractivity contribution >= 4 is 5.69 Å². The smallest absolute Gasteiger partial charge is 0.395 e. The van der Waals surface area contributed by atoms with Crippen LogP contribution in [0.25, 0.3) is 0 Å². The number of fused-ring (bicyclic) bond motifs is 1. The van der Waals surface area contributed by atoms with Crippen LogP contribution in [0.2, 0.25) is 0 Å². The van der Waals surface area contributed by atoms with Crippen molar-refractivity contribution in [2.75, 3.05) is 25.1 Å². The van der Waals surface area contributed by atoms with Crippen molar-refractivity contribution in [1.82, 2.24) is 0 Å². The van der Waals surface area contributed by atoms with Gasteiger partial charge >= 0.3 is 6.29 Å². The van der Waals surface area contributed by atoms with Crippen LogP contribution in [0.15, 0.2) is 18.2 Å². The summed E-state index contributed by atoms with van der Waals surface area (Å²) in [4.78, 5) is 0. The van der Waals surface area contributed by atoms with Crippen LogP contribution >= 0.6 is 0 Å². The third-order valence-corrected chi connectivity index (χ3v) is 3.02. The van der Waals surface area contributed by atoms with Crippen molar-refractivity contribution in [2.45, 2.75) is 12.7 Å². The number of alkyl halides is 2. The van der Waals surface area contributed by atoms with E-state index in [0.717, 1.165) is 31.9 Å². The molecule has 0 aromatic heterocycles. The van der Waals surface area contributed by atoms with Gasteiger partial charge < -0.3 is 19.5 Å². The average molecular weight is 257 g/mol. The number of ether oxygens (including phenoxy) is 3. The number of benzene rings is 1. The highest BCUT2D eigenvalue weighted by molar-refractivity contribution is 5.55. The van der Waals surface area contributed by atoms with Crippen molar-refractivity contribution in [3.8, 4) is 11.5 Å². The van der Waals surface area contributed by atoms with Gasteiger partial charge in [0.1, 0.15) is 0 Å². The minimum atomic E-state index is -3.56. The molecule has 6 heteroatoms. The van der Waals surface area contributed by atoms with E-state index in [2.05, 4.69) is 14.8 Å². The second kappa shape index (κ2) is 4.28. The number of halogens is 2. The zero-order valence-corrected chi connectivity index (χ0v) is 9.62. The lowest BCUT2D eigenvalue weighted by Crippen LogP contribution is -2.25. The molecule has 1 unspecified atom stereocenters. The molecular weight excluding hydrogens is 244 g/mol. The van der Waals surface area contributed by atoms with Gasteiger partial charge in [0.15, 0.2) is 11.5 Å². The molecule has 0 saturated carbocycles. The lowest BCUT2D eigenvalue weighted by Gasteiger charge is -2.10. The molecule has 1 aromatic carbocycles. The van der Waals surface area contributed by atoms with Crippen LogP contribution < -0.4 is 14.8 Å². The van der Waals surface area contributed by atoms with Gasteiger partial charge in [-0.05, 0) is 18.6 Å². The number of hydrogen-bond donors (Lipinski definition) is 1. The number of anilines is 1. The minimum Gasteiger partial charge on any atom is -0.395 e. The monoisotopic (exact) mass is 257 g/mol. The van der Waals surface area contributed by atoms with Crippen molar-refractivity contribution in [3.05, 3.63) is 18.2 Å². The molecule has 1 N–H and O–H groups in total. The average Bonchev–Trinajstić information content (AvgIpc) is 2.90. The lowest BCUT2D eigenvalue weighted by molar-refractivity contribution is -0.286. The summed E-state index contributed by atoms with van der Waals surface area (Å²) in [5.74, 6) is 0.597. The molecule has 2 aliphatic rings. The third-order valence-electron chi connectivity index (χ3n) is 3.02. The first kappa shape index (κ1) is 11.5. The Hall–Kier alpha value is -1.56. The Bertz CT molecular complexity index is 447. The summed E-state index contributed by atoms with van der Waals surface area (Å²) in [6, 6.07) is 4.69. The molecule has 1 fully saturated rings. The predicted octanol–water partition coefficient (Wildman–Crippen LogP) is 2.46. The molecule has 2 aliphatic heterocycles. The molecule has 98 valence electrons. The minimum absolute atomic E-state index is 0.0627. The Labute approximate surface area is 103 Å². The highest BCUT2D eigenvalue weighted by atomic mass is 19.3. The number of rotatable bonds is 3. The van der Waals surface area contributed by atoms with Gasteiger partial charge in [-0.2, -0.15) is 0 Å². The van der Waals surface area contributed by atoms with Gasteiger partial charge in [0.2, 0.25) is 0 Å². The third kappa shape index (κ3) is 2.33. The van der Waals surface area contributed by atoms with E-state index >= 15 is 0 Å². The Morgan fingerprint density at radius 2 is 2.11 bits per heavy atom. The maximum Gasteiger partial charge on any atom is 0.586 e. The highest BCUT2D eigenvalue weighted by Crippen LogP contribution is 2.42. The van der Waals surface area contributed by atoms with Crippen LogP contribution in [-0.4, -0.2) is 26.1 Å². The van der Waals surface area contributed by atoms with E-state index in [4.69, 9.17) is 4.74 Å². The van der Waals surface area contributed by atoms with Crippen LogP contribution in [0.3, 0.4) is 0 Å². The first-order valence-corrected chi connectivity index (χ1v) is 5.84. The summed E-state index contributed by atoms with van der Waals surface area (Å²) in [6.45, 7) is 2.30. The molecule has 0 spiro atoms. The van der Waals surface area contributed by atoms with Crippen molar-refractivity contribution in [3.63, 3.8) is 0 Å². The Morgan fingerprint density at radius 1 is 1.28 bits per heavy atom. The molecule has 2 heterocycles. The summed E-state index contributed by atoms with van der Waals surface area (Å²) in [5.41, 5.74) is 0.738. The van der Waals surface area contributed by atoms with Crippen LogP contribution in [0.1, 0.15) is 6.42 Å². The Morgan fingerprint density at radius 3 is 2.89 bits per heavy atom. The normalized spacial score (nSPS) is 24.2. The van der Waals surface area contributed by atoms with Crippen LogP contribution in [0, 0.1) is 5.92 Å². The van der Waals surface area contributed by atoms with E-state index in [1.54, 1.807) is 6.07 Å². The first-order chi connectivity index (χ1) is 8.62. The molecule has 0 aliphatic carbocycles. The molecule has 0 bridgehead atoms. The topological polar surface area (TPSA) is 39.7 Å². The van der Waals surface area contributed by atoms with E-state index in [1.165, 1.54) is 12.1 Å². The maximum absolute atomic E-state index is 12.8. The Kier molecular flexibility index (Phi) is 2.74. The van der Waals surface area contributed by atoms with Gasteiger partial charge in [-0.25, -0.2) is 0 Å². The molecule has 18 heavy (non-hydrogen) atoms.